The predicted molar refractivity (Wildman–Crippen MR) is 210 cm³/mol. The Labute approximate surface area is 327 Å². The van der Waals surface area contributed by atoms with E-state index in [4.69, 9.17) is 21.1 Å². The van der Waals surface area contributed by atoms with Crippen LogP contribution in [0.15, 0.2) is 35.4 Å². The van der Waals surface area contributed by atoms with Gasteiger partial charge in [0.05, 0.1) is 17.4 Å². The van der Waals surface area contributed by atoms with Crippen molar-refractivity contribution < 1.29 is 33.8 Å². The number of benzene rings is 1. The molecule has 1 aromatic carbocycles. The van der Waals surface area contributed by atoms with E-state index in [2.05, 4.69) is 53.8 Å². The highest BCUT2D eigenvalue weighted by Gasteiger charge is 2.71. The van der Waals surface area contributed by atoms with Crippen molar-refractivity contribution >= 4 is 35.3 Å². The maximum atomic E-state index is 14.3. The Morgan fingerprint density at radius 2 is 1.59 bits per heavy atom. The average Bonchev–Trinajstić information content (AvgIpc) is 3.39. The lowest BCUT2D eigenvalue weighted by molar-refractivity contribution is -0.235. The Bertz CT molecular complexity index is 1710. The molecule has 8 nitrogen and oxygen atoms in total. The van der Waals surface area contributed by atoms with Gasteiger partial charge in [-0.25, -0.2) is 4.79 Å². The Kier molecular flexibility index (Phi) is 10.6. The van der Waals surface area contributed by atoms with Crippen LogP contribution in [0, 0.1) is 56.2 Å². The molecule has 298 valence electrons. The number of hydrogen-bond acceptors (Lipinski definition) is 7. The fourth-order valence-electron chi connectivity index (χ4n) is 13.2. The standard InChI is InChI=1S/C45H64ClNO7/c1-26(2)36-30(48)23-45(34(25-47-10)54-38(50)27-11-13-28(46)14-12-27)22-21-43(8)29(37(36)45)15-16-32-42(7)19-18-33(53-35(49)24-40(3,4)39(51)52)41(5,6)31(42)17-20-44(32,43)9/h11-14,26,29,31-34,47H,15-25H2,1-10H3,(H,51,52)/t29-,31?,32?,33+,34?,42+,43-,44-,45+/m1/s1. The zero-order valence-electron chi connectivity index (χ0n) is 34.3. The largest absolute Gasteiger partial charge is 0.481 e. The van der Waals surface area contributed by atoms with Crippen LogP contribution in [0.1, 0.15) is 137 Å². The minimum Gasteiger partial charge on any atom is -0.481 e. The molecule has 0 saturated heterocycles. The molecule has 0 amide bonds. The number of fused-ring (bicyclic) bond motifs is 7. The van der Waals surface area contributed by atoms with Crippen molar-refractivity contribution in [1.82, 2.24) is 5.32 Å². The Morgan fingerprint density at radius 3 is 2.20 bits per heavy atom. The topological polar surface area (TPSA) is 119 Å². The smallest absolute Gasteiger partial charge is 0.338 e. The van der Waals surface area contributed by atoms with Gasteiger partial charge in [-0.15, -0.1) is 0 Å². The number of carbonyl (C=O) groups is 4. The summed E-state index contributed by atoms with van der Waals surface area (Å²) in [6.45, 7) is 20.0. The summed E-state index contributed by atoms with van der Waals surface area (Å²) in [5, 5.41) is 13.5. The van der Waals surface area contributed by atoms with E-state index < -0.39 is 34.8 Å². The number of Topliss-reactive ketones (excluding diaryl/α,β-unsaturated/α-hetero) is 1. The van der Waals surface area contributed by atoms with E-state index in [9.17, 15) is 24.3 Å². The van der Waals surface area contributed by atoms with Crippen molar-refractivity contribution in [3.63, 3.8) is 0 Å². The number of nitrogens with one attached hydrogen (secondary N) is 1. The summed E-state index contributed by atoms with van der Waals surface area (Å²) in [5.74, 6) is -0.552. The van der Waals surface area contributed by atoms with Gasteiger partial charge in [-0.2, -0.15) is 0 Å². The monoisotopic (exact) mass is 765 g/mol. The molecule has 9 heteroatoms. The number of carboxylic acids is 1. The highest BCUT2D eigenvalue weighted by molar-refractivity contribution is 6.30. The van der Waals surface area contributed by atoms with E-state index in [1.165, 1.54) is 5.57 Å². The Morgan fingerprint density at radius 1 is 0.926 bits per heavy atom. The summed E-state index contributed by atoms with van der Waals surface area (Å²) >= 11 is 6.14. The van der Waals surface area contributed by atoms with Gasteiger partial charge in [0, 0.05) is 28.8 Å². The number of rotatable bonds is 10. The second-order valence-corrected chi connectivity index (χ2v) is 20.5. The van der Waals surface area contributed by atoms with Gasteiger partial charge in [0.1, 0.15) is 12.2 Å². The number of hydrogen-bond donors (Lipinski definition) is 2. The van der Waals surface area contributed by atoms with Crippen LogP contribution in [0.5, 0.6) is 0 Å². The first-order valence-electron chi connectivity index (χ1n) is 20.4. The molecule has 2 N–H and O–H groups in total. The second kappa shape index (κ2) is 14.0. The molecule has 5 aliphatic carbocycles. The van der Waals surface area contributed by atoms with E-state index in [1.807, 2.05) is 7.05 Å². The van der Waals surface area contributed by atoms with Crippen LogP contribution in [-0.2, 0) is 23.9 Å². The summed E-state index contributed by atoms with van der Waals surface area (Å²) in [6.07, 6.45) is 7.04. The second-order valence-electron chi connectivity index (χ2n) is 20.0. The molecule has 0 bridgehead atoms. The van der Waals surface area contributed by atoms with Crippen molar-refractivity contribution in [2.75, 3.05) is 13.6 Å². The van der Waals surface area contributed by atoms with E-state index in [0.29, 0.717) is 35.4 Å². The normalized spacial score (nSPS) is 36.4. The zero-order chi connectivity index (χ0) is 39.8. The molecule has 0 radical (unpaired) electrons. The van der Waals surface area contributed by atoms with E-state index >= 15 is 0 Å². The number of aliphatic carboxylic acids is 1. The van der Waals surface area contributed by atoms with Gasteiger partial charge < -0.3 is 19.9 Å². The molecule has 4 saturated carbocycles. The molecule has 9 atom stereocenters. The number of ketones is 1. The number of esters is 2. The number of carboxylic acid groups (broad SMARTS) is 1. The van der Waals surface area contributed by atoms with Crippen molar-refractivity contribution in [3.8, 4) is 0 Å². The zero-order valence-corrected chi connectivity index (χ0v) is 35.1. The molecule has 3 unspecified atom stereocenters. The van der Waals surface area contributed by atoms with Gasteiger partial charge in [0.15, 0.2) is 5.78 Å². The van der Waals surface area contributed by atoms with Gasteiger partial charge in [0.25, 0.3) is 0 Å². The summed E-state index contributed by atoms with van der Waals surface area (Å²) in [7, 11) is 1.88. The molecule has 0 aliphatic heterocycles. The van der Waals surface area contributed by atoms with Gasteiger partial charge in [0.2, 0.25) is 0 Å². The average molecular weight is 766 g/mol. The fraction of sp³-hybridized carbons (Fsp3) is 0.733. The Hall–Kier alpha value is -2.71. The molecule has 1 aromatic rings. The lowest BCUT2D eigenvalue weighted by atomic mass is 9.33. The number of halogens is 1. The van der Waals surface area contributed by atoms with Gasteiger partial charge in [-0.3, -0.25) is 14.4 Å². The lowest BCUT2D eigenvalue weighted by Crippen LogP contribution is -2.66. The third-order valence-corrected chi connectivity index (χ3v) is 16.4. The van der Waals surface area contributed by atoms with Crippen LogP contribution in [0.4, 0.5) is 0 Å². The van der Waals surface area contributed by atoms with Crippen LogP contribution < -0.4 is 5.32 Å². The summed E-state index contributed by atoms with van der Waals surface area (Å²) in [4.78, 5) is 52.8. The summed E-state index contributed by atoms with van der Waals surface area (Å²) in [5.41, 5.74) is 0.663. The predicted octanol–water partition coefficient (Wildman–Crippen LogP) is 9.48. The van der Waals surface area contributed by atoms with Crippen molar-refractivity contribution in [2.24, 2.45) is 56.2 Å². The van der Waals surface area contributed by atoms with Crippen molar-refractivity contribution in [3.05, 3.63) is 46.0 Å². The van der Waals surface area contributed by atoms with Crippen LogP contribution in [-0.4, -0.2) is 54.6 Å². The van der Waals surface area contributed by atoms with Gasteiger partial charge >= 0.3 is 17.9 Å². The molecule has 4 fully saturated rings. The summed E-state index contributed by atoms with van der Waals surface area (Å²) in [6, 6.07) is 6.80. The first-order valence-corrected chi connectivity index (χ1v) is 20.8. The molecule has 0 heterocycles. The van der Waals surface area contributed by atoms with E-state index in [1.54, 1.807) is 38.1 Å². The summed E-state index contributed by atoms with van der Waals surface area (Å²) < 4.78 is 12.6. The van der Waals surface area contributed by atoms with Crippen molar-refractivity contribution in [2.45, 2.75) is 139 Å². The van der Waals surface area contributed by atoms with E-state index in [-0.39, 0.29) is 51.8 Å². The maximum Gasteiger partial charge on any atom is 0.338 e. The number of allylic oxidation sites excluding steroid dienone is 1. The molecule has 5 aliphatic rings. The van der Waals surface area contributed by atoms with Crippen LogP contribution >= 0.6 is 11.6 Å². The van der Waals surface area contributed by atoms with Gasteiger partial charge in [-0.1, -0.05) is 60.1 Å². The lowest BCUT2D eigenvalue weighted by Gasteiger charge is -2.72. The number of carbonyl (C=O) groups excluding carboxylic acids is 3. The molecular weight excluding hydrogens is 702 g/mol. The van der Waals surface area contributed by atoms with Gasteiger partial charge in [-0.05, 0) is 148 Å². The van der Waals surface area contributed by atoms with Crippen molar-refractivity contribution in [1.29, 1.82) is 0 Å². The molecule has 0 aromatic heterocycles. The minimum atomic E-state index is -1.18. The number of likely N-dealkylation sites (N-methyl/N-ethyl adjacent to an activating group) is 1. The molecule has 0 spiro atoms. The number of ether oxygens (including phenoxy) is 2. The Balaban J connectivity index is 1.32. The van der Waals surface area contributed by atoms with Crippen LogP contribution in [0.3, 0.4) is 0 Å². The van der Waals surface area contributed by atoms with Crippen LogP contribution in [0.2, 0.25) is 5.02 Å². The first kappa shape index (κ1) is 40.9. The van der Waals surface area contributed by atoms with E-state index in [0.717, 1.165) is 56.9 Å². The third-order valence-electron chi connectivity index (χ3n) is 16.2. The molecule has 6 rings (SSSR count). The fourth-order valence-corrected chi connectivity index (χ4v) is 13.3. The highest BCUT2D eigenvalue weighted by Crippen LogP contribution is 2.77. The minimum absolute atomic E-state index is 0.0116. The third kappa shape index (κ3) is 6.28. The molecular formula is C45H64ClNO7. The maximum absolute atomic E-state index is 14.3. The quantitative estimate of drug-likeness (QED) is 0.226. The highest BCUT2D eigenvalue weighted by atomic mass is 35.5. The first-order chi connectivity index (χ1) is 25.1. The van der Waals surface area contributed by atoms with Crippen LogP contribution in [0.25, 0.3) is 0 Å². The molecule has 54 heavy (non-hydrogen) atoms. The SMILES string of the molecule is CNCC(OC(=O)c1ccc(Cl)cc1)[C@@]12CC[C@]3(C)[C@H](CCC4[C@@]5(C)CC[C@H](OC(=O)CC(C)(C)C(=O)O)C(C)(C)C5CC[C@]43C)C1=C(C(C)C)C(=O)C2.